The molecule has 6 heteroatoms. The fourth-order valence-electron chi connectivity index (χ4n) is 1.69. The molecule has 18 heavy (non-hydrogen) atoms. The van der Waals surface area contributed by atoms with E-state index in [4.69, 9.17) is 4.74 Å². The summed E-state index contributed by atoms with van der Waals surface area (Å²) < 4.78 is 19.3. The third-order valence-electron chi connectivity index (χ3n) is 2.47. The Bertz CT molecular complexity index is 556. The Morgan fingerprint density at radius 1 is 1.50 bits per heavy atom. The van der Waals surface area contributed by atoms with Crippen LogP contribution in [-0.4, -0.2) is 24.1 Å². The monoisotopic (exact) mass is 313 g/mol. The number of nitrogens with one attached hydrogen (secondary N) is 2. The van der Waals surface area contributed by atoms with Gasteiger partial charge < -0.3 is 15.0 Å². The van der Waals surface area contributed by atoms with Crippen molar-refractivity contribution in [3.63, 3.8) is 0 Å². The van der Waals surface area contributed by atoms with E-state index >= 15 is 0 Å². The Morgan fingerprint density at radius 2 is 2.28 bits per heavy atom. The average molecular weight is 314 g/mol. The molecule has 0 saturated heterocycles. The lowest BCUT2D eigenvalue weighted by Crippen LogP contribution is -2.06. The molecule has 0 aliphatic rings. The summed E-state index contributed by atoms with van der Waals surface area (Å²) in [4.78, 5) is 7.49. The summed E-state index contributed by atoms with van der Waals surface area (Å²) in [6.45, 7) is 0.607. The molecule has 0 aliphatic carbocycles. The van der Waals surface area contributed by atoms with E-state index in [9.17, 15) is 4.39 Å². The first-order chi connectivity index (χ1) is 8.65. The molecule has 0 unspecified atom stereocenters. The summed E-state index contributed by atoms with van der Waals surface area (Å²) in [6.07, 6.45) is 0. The van der Waals surface area contributed by atoms with Crippen LogP contribution in [0.3, 0.4) is 0 Å². The van der Waals surface area contributed by atoms with Crippen LogP contribution in [-0.2, 0) is 6.54 Å². The van der Waals surface area contributed by atoms with E-state index in [1.54, 1.807) is 13.2 Å². The molecule has 0 spiro atoms. The molecule has 1 aromatic carbocycles. The Balaban J connectivity index is 2.50. The molecular formula is C12H13BrFN3O. The van der Waals surface area contributed by atoms with Crippen LogP contribution in [0.25, 0.3) is 11.3 Å². The van der Waals surface area contributed by atoms with E-state index in [-0.39, 0.29) is 5.82 Å². The number of methoxy groups -OCH3 is 1. The fourth-order valence-corrected chi connectivity index (χ4v) is 2.22. The molecule has 2 rings (SSSR count). The van der Waals surface area contributed by atoms with Gasteiger partial charge in [0.1, 0.15) is 27.7 Å². The third-order valence-corrected chi connectivity index (χ3v) is 3.04. The molecule has 2 N–H and O–H groups in total. The second-order valence-electron chi connectivity index (χ2n) is 3.72. The van der Waals surface area contributed by atoms with Gasteiger partial charge in [0.25, 0.3) is 0 Å². The predicted molar refractivity (Wildman–Crippen MR) is 71.0 cm³/mol. The van der Waals surface area contributed by atoms with Crippen LogP contribution in [0.15, 0.2) is 22.8 Å². The lowest BCUT2D eigenvalue weighted by atomic mass is 10.1. The maximum absolute atomic E-state index is 13.3. The first-order valence-electron chi connectivity index (χ1n) is 5.38. The number of halogens is 2. The molecule has 96 valence electrons. The van der Waals surface area contributed by atoms with E-state index < -0.39 is 0 Å². The van der Waals surface area contributed by atoms with E-state index in [1.165, 1.54) is 12.1 Å². The van der Waals surface area contributed by atoms with Gasteiger partial charge in [-0.05, 0) is 41.2 Å². The summed E-state index contributed by atoms with van der Waals surface area (Å²) in [7, 11) is 3.38. The largest absolute Gasteiger partial charge is 0.496 e. The van der Waals surface area contributed by atoms with Gasteiger partial charge in [0.05, 0.1) is 13.7 Å². The van der Waals surface area contributed by atoms with Crippen LogP contribution in [0.2, 0.25) is 0 Å². The van der Waals surface area contributed by atoms with Gasteiger partial charge in [0.2, 0.25) is 0 Å². The minimum absolute atomic E-state index is 0.323. The number of aromatic nitrogens is 2. The first kappa shape index (κ1) is 13.0. The van der Waals surface area contributed by atoms with Gasteiger partial charge in [0.15, 0.2) is 0 Å². The number of rotatable bonds is 4. The summed E-state index contributed by atoms with van der Waals surface area (Å²) in [5.74, 6) is 1.03. The summed E-state index contributed by atoms with van der Waals surface area (Å²) in [6, 6.07) is 4.35. The van der Waals surface area contributed by atoms with E-state index in [0.29, 0.717) is 28.2 Å². The van der Waals surface area contributed by atoms with Gasteiger partial charge in [0, 0.05) is 5.56 Å². The van der Waals surface area contributed by atoms with Crippen LogP contribution in [0.4, 0.5) is 4.39 Å². The molecule has 0 radical (unpaired) electrons. The van der Waals surface area contributed by atoms with Crippen molar-refractivity contribution in [1.82, 2.24) is 15.3 Å². The molecule has 0 saturated carbocycles. The Morgan fingerprint density at radius 3 is 2.94 bits per heavy atom. The maximum atomic E-state index is 13.3. The second-order valence-corrected chi connectivity index (χ2v) is 4.51. The molecule has 0 amide bonds. The van der Waals surface area contributed by atoms with Crippen molar-refractivity contribution in [2.45, 2.75) is 6.54 Å². The summed E-state index contributed by atoms with van der Waals surface area (Å²) >= 11 is 3.39. The second kappa shape index (κ2) is 5.49. The van der Waals surface area contributed by atoms with E-state index in [1.807, 2.05) is 7.05 Å². The van der Waals surface area contributed by atoms with Crippen molar-refractivity contribution in [3.05, 3.63) is 34.4 Å². The smallest absolute Gasteiger partial charge is 0.128 e. The maximum Gasteiger partial charge on any atom is 0.128 e. The summed E-state index contributed by atoms with van der Waals surface area (Å²) in [5.41, 5.74) is 1.25. The highest BCUT2D eigenvalue weighted by atomic mass is 79.9. The molecule has 1 heterocycles. The van der Waals surface area contributed by atoms with Gasteiger partial charge in [-0.2, -0.15) is 0 Å². The van der Waals surface area contributed by atoms with Gasteiger partial charge in [-0.15, -0.1) is 0 Å². The summed E-state index contributed by atoms with van der Waals surface area (Å²) in [5, 5.41) is 3.00. The van der Waals surface area contributed by atoms with Crippen molar-refractivity contribution in [2.75, 3.05) is 14.2 Å². The molecule has 0 bridgehead atoms. The van der Waals surface area contributed by atoms with Crippen LogP contribution < -0.4 is 10.1 Å². The van der Waals surface area contributed by atoms with Crippen molar-refractivity contribution < 1.29 is 9.13 Å². The van der Waals surface area contributed by atoms with E-state index in [0.717, 1.165) is 5.82 Å². The number of imidazole rings is 1. The van der Waals surface area contributed by atoms with Crippen LogP contribution >= 0.6 is 15.9 Å². The molecule has 0 atom stereocenters. The number of hydrogen-bond donors (Lipinski definition) is 2. The number of H-pyrrole nitrogens is 1. The standard InChI is InChI=1S/C12H13BrFN3O/c1-15-6-10-16-11(12(13)17-10)8-5-7(14)3-4-9(8)18-2/h3-5,15H,6H2,1-2H3,(H,16,17). The fraction of sp³-hybridized carbons (Fsp3) is 0.250. The molecule has 0 aliphatic heterocycles. The number of hydrogen-bond acceptors (Lipinski definition) is 3. The van der Waals surface area contributed by atoms with Crippen LogP contribution in [0.1, 0.15) is 5.82 Å². The molecule has 4 nitrogen and oxygen atoms in total. The average Bonchev–Trinajstić information content (AvgIpc) is 2.70. The number of aromatic amines is 1. The number of nitrogens with zero attached hydrogens (tertiary/aromatic N) is 1. The Labute approximate surface area is 113 Å². The number of benzene rings is 1. The Kier molecular flexibility index (Phi) is 3.98. The zero-order valence-corrected chi connectivity index (χ0v) is 11.6. The zero-order valence-electron chi connectivity index (χ0n) is 10.1. The zero-order chi connectivity index (χ0) is 13.1. The van der Waals surface area contributed by atoms with Crippen molar-refractivity contribution in [3.8, 4) is 17.0 Å². The Hall–Kier alpha value is -1.40. The van der Waals surface area contributed by atoms with Gasteiger partial charge in [-0.1, -0.05) is 0 Å². The van der Waals surface area contributed by atoms with Crippen molar-refractivity contribution >= 4 is 15.9 Å². The minimum atomic E-state index is -0.323. The first-order valence-corrected chi connectivity index (χ1v) is 6.18. The predicted octanol–water partition coefficient (Wildman–Crippen LogP) is 2.71. The van der Waals surface area contributed by atoms with Gasteiger partial charge in [-0.25, -0.2) is 9.37 Å². The molecule has 2 aromatic rings. The lowest BCUT2D eigenvalue weighted by Gasteiger charge is -2.06. The highest BCUT2D eigenvalue weighted by Crippen LogP contribution is 2.33. The van der Waals surface area contributed by atoms with E-state index in [2.05, 4.69) is 31.2 Å². The quantitative estimate of drug-likeness (QED) is 0.912. The molecule has 1 aromatic heterocycles. The van der Waals surface area contributed by atoms with Crippen LogP contribution in [0, 0.1) is 5.82 Å². The number of ether oxygens (including phenoxy) is 1. The molecule has 0 fully saturated rings. The molecular weight excluding hydrogens is 301 g/mol. The SMILES string of the molecule is CNCc1nc(-c2cc(F)ccc2OC)c(Br)[nH]1. The van der Waals surface area contributed by atoms with Crippen molar-refractivity contribution in [1.29, 1.82) is 0 Å². The highest BCUT2D eigenvalue weighted by Gasteiger charge is 2.15. The normalized spacial score (nSPS) is 10.7. The topological polar surface area (TPSA) is 49.9 Å². The lowest BCUT2D eigenvalue weighted by molar-refractivity contribution is 0.415. The minimum Gasteiger partial charge on any atom is -0.496 e. The highest BCUT2D eigenvalue weighted by molar-refractivity contribution is 9.10. The van der Waals surface area contributed by atoms with Crippen LogP contribution in [0.5, 0.6) is 5.75 Å². The van der Waals surface area contributed by atoms with Crippen molar-refractivity contribution in [2.24, 2.45) is 0 Å². The van der Waals surface area contributed by atoms with Gasteiger partial charge >= 0.3 is 0 Å². The van der Waals surface area contributed by atoms with Gasteiger partial charge in [-0.3, -0.25) is 0 Å². The third kappa shape index (κ3) is 2.54.